The van der Waals surface area contributed by atoms with Crippen LogP contribution in [0.25, 0.3) is 0 Å². The molecule has 1 aromatic rings. The van der Waals surface area contributed by atoms with E-state index in [1.807, 2.05) is 0 Å². The summed E-state index contributed by atoms with van der Waals surface area (Å²) in [5, 5.41) is 0. The molecular weight excluding hydrogens is 269 g/mol. The number of rotatable bonds is 2. The molecular formula is C12H10ClF3O2. The molecule has 1 fully saturated rings. The molecule has 0 N–H and O–H groups in total. The SMILES string of the molecule is O=C1CC[C@](CCl)(c2ccc(C(F)(F)F)cc2)O1. The van der Waals surface area contributed by atoms with Crippen LogP contribution in [0.4, 0.5) is 13.2 Å². The summed E-state index contributed by atoms with van der Waals surface area (Å²) in [5.74, 6) is -0.347. The summed E-state index contributed by atoms with van der Waals surface area (Å²) in [6.45, 7) is 0. The van der Waals surface area contributed by atoms with Crippen LogP contribution in [0, 0.1) is 0 Å². The molecule has 98 valence electrons. The van der Waals surface area contributed by atoms with E-state index < -0.39 is 17.3 Å². The molecule has 0 saturated carbocycles. The van der Waals surface area contributed by atoms with Crippen LogP contribution in [0.5, 0.6) is 0 Å². The zero-order valence-corrected chi connectivity index (χ0v) is 10.0. The van der Waals surface area contributed by atoms with Gasteiger partial charge in [-0.3, -0.25) is 4.79 Å². The molecule has 2 nitrogen and oxygen atoms in total. The van der Waals surface area contributed by atoms with Gasteiger partial charge in [0.1, 0.15) is 0 Å². The largest absolute Gasteiger partial charge is 0.453 e. The fourth-order valence-corrected chi connectivity index (χ4v) is 2.30. The lowest BCUT2D eigenvalue weighted by molar-refractivity contribution is -0.147. The van der Waals surface area contributed by atoms with Crippen LogP contribution in [-0.2, 0) is 21.3 Å². The first kappa shape index (κ1) is 13.2. The van der Waals surface area contributed by atoms with Gasteiger partial charge in [-0.1, -0.05) is 12.1 Å². The molecule has 1 aliphatic heterocycles. The molecule has 1 aliphatic rings. The van der Waals surface area contributed by atoms with Gasteiger partial charge < -0.3 is 4.74 Å². The third kappa shape index (κ3) is 2.32. The molecule has 0 radical (unpaired) electrons. The van der Waals surface area contributed by atoms with Gasteiger partial charge in [0.25, 0.3) is 0 Å². The van der Waals surface area contributed by atoms with E-state index in [-0.39, 0.29) is 18.3 Å². The van der Waals surface area contributed by atoms with Crippen molar-refractivity contribution in [2.24, 2.45) is 0 Å². The zero-order chi connectivity index (χ0) is 13.4. The van der Waals surface area contributed by atoms with E-state index in [2.05, 4.69) is 0 Å². The Morgan fingerprint density at radius 1 is 1.28 bits per heavy atom. The molecule has 1 atom stereocenters. The third-order valence-corrected chi connectivity index (χ3v) is 3.43. The standard InChI is InChI=1S/C12H10ClF3O2/c13-7-11(6-5-10(17)18-11)8-1-3-9(4-2-8)12(14,15)16/h1-4H,5-7H2/t11-/m0/s1. The number of benzene rings is 1. The molecule has 1 saturated heterocycles. The van der Waals surface area contributed by atoms with Gasteiger partial charge in [-0.25, -0.2) is 0 Å². The lowest BCUT2D eigenvalue weighted by Gasteiger charge is -2.25. The van der Waals surface area contributed by atoms with Crippen LogP contribution in [0.2, 0.25) is 0 Å². The maximum Gasteiger partial charge on any atom is 0.416 e. The Kier molecular flexibility index (Phi) is 3.27. The molecule has 0 spiro atoms. The average Bonchev–Trinajstić information content (AvgIpc) is 2.71. The molecule has 18 heavy (non-hydrogen) atoms. The predicted molar refractivity (Wildman–Crippen MR) is 59.2 cm³/mol. The molecule has 0 amide bonds. The maximum atomic E-state index is 12.4. The normalized spacial score (nSPS) is 24.1. The number of esters is 1. The molecule has 2 rings (SSSR count). The van der Waals surface area contributed by atoms with Gasteiger partial charge in [-0.2, -0.15) is 13.2 Å². The quantitative estimate of drug-likeness (QED) is 0.611. The zero-order valence-electron chi connectivity index (χ0n) is 9.26. The first-order valence-corrected chi connectivity index (χ1v) is 5.86. The van der Waals surface area contributed by atoms with Gasteiger partial charge in [-0.15, -0.1) is 11.6 Å². The Balaban J connectivity index is 2.31. The van der Waals surface area contributed by atoms with Crippen LogP contribution in [0.15, 0.2) is 24.3 Å². The van der Waals surface area contributed by atoms with Crippen molar-refractivity contribution in [3.8, 4) is 0 Å². The van der Waals surface area contributed by atoms with Crippen molar-refractivity contribution in [3.05, 3.63) is 35.4 Å². The van der Waals surface area contributed by atoms with Gasteiger partial charge in [-0.05, 0) is 17.7 Å². The van der Waals surface area contributed by atoms with Crippen molar-refractivity contribution in [2.75, 3.05) is 5.88 Å². The highest BCUT2D eigenvalue weighted by Crippen LogP contribution is 2.39. The second kappa shape index (κ2) is 4.46. The Labute approximate surface area is 107 Å². The number of alkyl halides is 4. The third-order valence-electron chi connectivity index (χ3n) is 3.00. The van der Waals surface area contributed by atoms with E-state index in [4.69, 9.17) is 16.3 Å². The van der Waals surface area contributed by atoms with Crippen molar-refractivity contribution in [3.63, 3.8) is 0 Å². The van der Waals surface area contributed by atoms with Gasteiger partial charge in [0.2, 0.25) is 0 Å². The number of ether oxygens (including phenoxy) is 1. The van der Waals surface area contributed by atoms with Crippen LogP contribution in [0.3, 0.4) is 0 Å². The number of hydrogen-bond donors (Lipinski definition) is 0. The monoisotopic (exact) mass is 278 g/mol. The number of halogens is 4. The van der Waals surface area contributed by atoms with Crippen molar-refractivity contribution < 1.29 is 22.7 Å². The molecule has 0 aromatic heterocycles. The summed E-state index contributed by atoms with van der Waals surface area (Å²) in [5.41, 5.74) is -1.22. The minimum atomic E-state index is -4.38. The molecule has 6 heteroatoms. The van der Waals surface area contributed by atoms with Crippen LogP contribution in [-0.4, -0.2) is 11.8 Å². The Morgan fingerprint density at radius 3 is 2.28 bits per heavy atom. The number of cyclic esters (lactones) is 1. The van der Waals surface area contributed by atoms with Crippen molar-refractivity contribution in [1.29, 1.82) is 0 Å². The van der Waals surface area contributed by atoms with E-state index in [1.54, 1.807) is 0 Å². The summed E-state index contributed by atoms with van der Waals surface area (Å²) in [6.07, 6.45) is -3.76. The topological polar surface area (TPSA) is 26.3 Å². The smallest absolute Gasteiger partial charge is 0.416 e. The highest BCUT2D eigenvalue weighted by atomic mass is 35.5. The summed E-state index contributed by atoms with van der Waals surface area (Å²) < 4.78 is 42.4. The van der Waals surface area contributed by atoms with Gasteiger partial charge in [0.05, 0.1) is 11.4 Å². The van der Waals surface area contributed by atoms with Crippen LogP contribution >= 0.6 is 11.6 Å². The fraction of sp³-hybridized carbons (Fsp3) is 0.417. The lowest BCUT2D eigenvalue weighted by atomic mass is 9.92. The van der Waals surface area contributed by atoms with E-state index in [0.717, 1.165) is 12.1 Å². The summed E-state index contributed by atoms with van der Waals surface area (Å²) in [6, 6.07) is 4.55. The van der Waals surface area contributed by atoms with E-state index >= 15 is 0 Å². The van der Waals surface area contributed by atoms with Crippen molar-refractivity contribution in [2.45, 2.75) is 24.6 Å². The van der Waals surface area contributed by atoms with Gasteiger partial charge in [0, 0.05) is 12.8 Å². The van der Waals surface area contributed by atoms with Crippen molar-refractivity contribution in [1.82, 2.24) is 0 Å². The van der Waals surface area contributed by atoms with Gasteiger partial charge >= 0.3 is 12.1 Å². The predicted octanol–water partition coefficient (Wildman–Crippen LogP) is 3.48. The summed E-state index contributed by atoms with van der Waals surface area (Å²) >= 11 is 5.79. The first-order chi connectivity index (χ1) is 8.37. The maximum absolute atomic E-state index is 12.4. The molecule has 0 aliphatic carbocycles. The molecule has 1 heterocycles. The van der Waals surface area contributed by atoms with E-state index in [1.165, 1.54) is 12.1 Å². The lowest BCUT2D eigenvalue weighted by Crippen LogP contribution is -2.27. The summed E-state index contributed by atoms with van der Waals surface area (Å²) in [4.78, 5) is 11.2. The Bertz CT molecular complexity index is 455. The molecule has 0 unspecified atom stereocenters. The minimum Gasteiger partial charge on any atom is -0.453 e. The van der Waals surface area contributed by atoms with E-state index in [0.29, 0.717) is 12.0 Å². The summed E-state index contributed by atoms with van der Waals surface area (Å²) in [7, 11) is 0. The fourth-order valence-electron chi connectivity index (χ4n) is 1.96. The van der Waals surface area contributed by atoms with Crippen molar-refractivity contribution >= 4 is 17.6 Å². The number of hydrogen-bond acceptors (Lipinski definition) is 2. The minimum absolute atomic E-state index is 0.0318. The average molecular weight is 279 g/mol. The number of carbonyl (C=O) groups excluding carboxylic acids is 1. The van der Waals surface area contributed by atoms with Crippen LogP contribution < -0.4 is 0 Å². The van der Waals surface area contributed by atoms with Crippen LogP contribution in [0.1, 0.15) is 24.0 Å². The second-order valence-electron chi connectivity index (χ2n) is 4.18. The van der Waals surface area contributed by atoms with E-state index in [9.17, 15) is 18.0 Å². The Morgan fingerprint density at radius 2 is 1.89 bits per heavy atom. The highest BCUT2D eigenvalue weighted by Gasteiger charge is 2.41. The Hall–Kier alpha value is -1.23. The molecule has 1 aromatic carbocycles. The number of carbonyl (C=O) groups is 1. The molecule has 0 bridgehead atoms. The van der Waals surface area contributed by atoms with Gasteiger partial charge in [0.15, 0.2) is 5.60 Å². The first-order valence-electron chi connectivity index (χ1n) is 5.33. The highest BCUT2D eigenvalue weighted by molar-refractivity contribution is 6.18. The second-order valence-corrected chi connectivity index (χ2v) is 4.44.